The quantitative estimate of drug-likeness (QED) is 0.855. The van der Waals surface area contributed by atoms with Crippen LogP contribution in [-0.4, -0.2) is 48.3 Å². The maximum atomic E-state index is 12.1. The summed E-state index contributed by atoms with van der Waals surface area (Å²) in [4.78, 5) is 26.9. The number of rotatable bonds is 3. The minimum atomic E-state index is -0.316. The number of likely N-dealkylation sites (N-methyl/N-ethyl adjacent to an activating group) is 1. The number of benzene rings is 1. The molecule has 1 fully saturated rings. The van der Waals surface area contributed by atoms with Crippen LogP contribution < -0.4 is 5.73 Å². The molecule has 0 saturated carbocycles. The summed E-state index contributed by atoms with van der Waals surface area (Å²) in [6, 6.07) is 9.22. The Morgan fingerprint density at radius 2 is 2.00 bits per heavy atom. The first-order chi connectivity index (χ1) is 9.08. The van der Waals surface area contributed by atoms with Crippen molar-refractivity contribution in [2.45, 2.75) is 12.5 Å². The van der Waals surface area contributed by atoms with Gasteiger partial charge in [0, 0.05) is 32.6 Å². The van der Waals surface area contributed by atoms with Crippen LogP contribution in [0.5, 0.6) is 0 Å². The zero-order valence-corrected chi connectivity index (χ0v) is 11.1. The van der Waals surface area contributed by atoms with Crippen LogP contribution >= 0.6 is 0 Å². The van der Waals surface area contributed by atoms with Gasteiger partial charge in [0.15, 0.2) is 0 Å². The van der Waals surface area contributed by atoms with E-state index >= 15 is 0 Å². The van der Waals surface area contributed by atoms with Crippen molar-refractivity contribution in [2.24, 2.45) is 5.73 Å². The highest BCUT2D eigenvalue weighted by Gasteiger charge is 2.25. The van der Waals surface area contributed by atoms with E-state index in [1.807, 2.05) is 30.3 Å². The zero-order chi connectivity index (χ0) is 13.8. The highest BCUT2D eigenvalue weighted by Crippen LogP contribution is 2.15. The number of carbonyl (C=O) groups is 2. The zero-order valence-electron chi connectivity index (χ0n) is 11.1. The molecule has 0 spiro atoms. The maximum absolute atomic E-state index is 12.1. The van der Waals surface area contributed by atoms with Crippen molar-refractivity contribution in [3.05, 3.63) is 35.9 Å². The van der Waals surface area contributed by atoms with Gasteiger partial charge in [0.1, 0.15) is 0 Å². The molecule has 1 aromatic carbocycles. The van der Waals surface area contributed by atoms with Crippen LogP contribution in [0.4, 0.5) is 0 Å². The summed E-state index contributed by atoms with van der Waals surface area (Å²) in [7, 11) is 1.75. The molecule has 2 amide bonds. The Morgan fingerprint density at radius 1 is 1.32 bits per heavy atom. The molecule has 1 aliphatic heterocycles. The first-order valence-corrected chi connectivity index (χ1v) is 6.40. The van der Waals surface area contributed by atoms with Crippen LogP contribution in [0.1, 0.15) is 18.0 Å². The molecule has 19 heavy (non-hydrogen) atoms. The van der Waals surface area contributed by atoms with E-state index < -0.39 is 0 Å². The van der Waals surface area contributed by atoms with E-state index in [4.69, 9.17) is 5.73 Å². The second kappa shape index (κ2) is 5.84. The smallest absolute Gasteiger partial charge is 0.241 e. The number of hydrogen-bond donors (Lipinski definition) is 1. The first kappa shape index (κ1) is 13.5. The number of hydrogen-bond acceptors (Lipinski definition) is 3. The third kappa shape index (κ3) is 3.32. The van der Waals surface area contributed by atoms with Crippen molar-refractivity contribution in [2.75, 3.05) is 26.7 Å². The van der Waals surface area contributed by atoms with Crippen LogP contribution in [0.3, 0.4) is 0 Å². The molecule has 1 heterocycles. The number of amides is 2. The molecule has 2 rings (SSSR count). The lowest BCUT2D eigenvalue weighted by Crippen LogP contribution is -2.51. The predicted octanol–water partition coefficient (Wildman–Crippen LogP) is 0.377. The summed E-state index contributed by atoms with van der Waals surface area (Å²) in [5, 5.41) is 0. The summed E-state index contributed by atoms with van der Waals surface area (Å²) < 4.78 is 0. The summed E-state index contributed by atoms with van der Waals surface area (Å²) in [5.41, 5.74) is 6.96. The SMILES string of the molecule is CN1CCN(C(=O)CC(N)c2ccccc2)CC1=O. The highest BCUT2D eigenvalue weighted by atomic mass is 16.2. The molecule has 1 atom stereocenters. The van der Waals surface area contributed by atoms with Crippen molar-refractivity contribution in [3.8, 4) is 0 Å². The normalized spacial score (nSPS) is 17.5. The fraction of sp³-hybridized carbons (Fsp3) is 0.429. The summed E-state index contributed by atoms with van der Waals surface area (Å²) >= 11 is 0. The third-order valence-electron chi connectivity index (χ3n) is 3.43. The van der Waals surface area contributed by atoms with Crippen molar-refractivity contribution in [3.63, 3.8) is 0 Å². The molecule has 1 aromatic rings. The number of nitrogens with two attached hydrogens (primary N) is 1. The van der Waals surface area contributed by atoms with Crippen LogP contribution in [-0.2, 0) is 9.59 Å². The summed E-state index contributed by atoms with van der Waals surface area (Å²) in [5.74, 6) is -0.0781. The second-order valence-corrected chi connectivity index (χ2v) is 4.85. The van der Waals surface area contributed by atoms with Gasteiger partial charge in [-0.25, -0.2) is 0 Å². The Balaban J connectivity index is 1.93. The Hall–Kier alpha value is -1.88. The minimum absolute atomic E-state index is 0.0205. The number of nitrogens with zero attached hydrogens (tertiary/aromatic N) is 2. The maximum Gasteiger partial charge on any atom is 0.241 e. The van der Waals surface area contributed by atoms with Gasteiger partial charge in [-0.3, -0.25) is 9.59 Å². The fourth-order valence-electron chi connectivity index (χ4n) is 2.11. The van der Waals surface area contributed by atoms with E-state index in [2.05, 4.69) is 0 Å². The molecule has 0 aromatic heterocycles. The van der Waals surface area contributed by atoms with E-state index in [-0.39, 0.29) is 30.8 Å². The van der Waals surface area contributed by atoms with Gasteiger partial charge in [-0.15, -0.1) is 0 Å². The molecule has 0 aliphatic carbocycles. The summed E-state index contributed by atoms with van der Waals surface area (Å²) in [6.07, 6.45) is 0.237. The first-order valence-electron chi connectivity index (χ1n) is 6.40. The Labute approximate surface area is 113 Å². The standard InChI is InChI=1S/C14H19N3O2/c1-16-7-8-17(10-14(16)19)13(18)9-12(15)11-5-3-2-4-6-11/h2-6,12H,7-10,15H2,1H3. The molecular formula is C14H19N3O2. The largest absolute Gasteiger partial charge is 0.342 e. The molecule has 1 saturated heterocycles. The van der Waals surface area contributed by atoms with Crippen molar-refractivity contribution >= 4 is 11.8 Å². The van der Waals surface area contributed by atoms with E-state index in [0.29, 0.717) is 13.1 Å². The molecule has 5 nitrogen and oxygen atoms in total. The molecular weight excluding hydrogens is 242 g/mol. The molecule has 102 valence electrons. The molecule has 0 radical (unpaired) electrons. The van der Waals surface area contributed by atoms with Crippen LogP contribution in [0.25, 0.3) is 0 Å². The molecule has 1 aliphatic rings. The van der Waals surface area contributed by atoms with Gasteiger partial charge in [0.25, 0.3) is 0 Å². The number of carbonyl (C=O) groups excluding carboxylic acids is 2. The van der Waals surface area contributed by atoms with Crippen molar-refractivity contribution in [1.29, 1.82) is 0 Å². The van der Waals surface area contributed by atoms with Gasteiger partial charge in [0.05, 0.1) is 6.54 Å². The lowest BCUT2D eigenvalue weighted by molar-refractivity contribution is -0.144. The monoisotopic (exact) mass is 261 g/mol. The van der Waals surface area contributed by atoms with E-state index in [1.54, 1.807) is 16.8 Å². The Morgan fingerprint density at radius 3 is 2.63 bits per heavy atom. The third-order valence-corrected chi connectivity index (χ3v) is 3.43. The van der Waals surface area contributed by atoms with Crippen LogP contribution in [0.15, 0.2) is 30.3 Å². The van der Waals surface area contributed by atoms with Gasteiger partial charge in [-0.2, -0.15) is 0 Å². The number of piperazine rings is 1. The topological polar surface area (TPSA) is 66.6 Å². The summed E-state index contributed by atoms with van der Waals surface area (Å²) in [6.45, 7) is 1.34. The van der Waals surface area contributed by atoms with Gasteiger partial charge >= 0.3 is 0 Å². The Kier molecular flexibility index (Phi) is 4.16. The van der Waals surface area contributed by atoms with E-state index in [9.17, 15) is 9.59 Å². The van der Waals surface area contributed by atoms with Gasteiger partial charge in [-0.05, 0) is 5.56 Å². The highest BCUT2D eigenvalue weighted by molar-refractivity contribution is 5.86. The average molecular weight is 261 g/mol. The van der Waals surface area contributed by atoms with E-state index in [0.717, 1.165) is 5.56 Å². The van der Waals surface area contributed by atoms with Crippen molar-refractivity contribution < 1.29 is 9.59 Å². The van der Waals surface area contributed by atoms with Crippen molar-refractivity contribution in [1.82, 2.24) is 9.80 Å². The van der Waals surface area contributed by atoms with Crippen LogP contribution in [0.2, 0.25) is 0 Å². The van der Waals surface area contributed by atoms with E-state index in [1.165, 1.54) is 0 Å². The lowest BCUT2D eigenvalue weighted by Gasteiger charge is -2.32. The average Bonchev–Trinajstić information content (AvgIpc) is 2.42. The predicted molar refractivity (Wildman–Crippen MR) is 72.2 cm³/mol. The molecule has 1 unspecified atom stereocenters. The minimum Gasteiger partial charge on any atom is -0.342 e. The van der Waals surface area contributed by atoms with Gasteiger partial charge in [-0.1, -0.05) is 30.3 Å². The fourth-order valence-corrected chi connectivity index (χ4v) is 2.11. The molecule has 5 heteroatoms. The second-order valence-electron chi connectivity index (χ2n) is 4.85. The van der Waals surface area contributed by atoms with Gasteiger partial charge in [0.2, 0.25) is 11.8 Å². The van der Waals surface area contributed by atoms with Crippen LogP contribution in [0, 0.1) is 0 Å². The molecule has 0 bridgehead atoms. The molecule has 2 N–H and O–H groups in total. The lowest BCUT2D eigenvalue weighted by atomic mass is 10.0. The Bertz CT molecular complexity index is 461. The van der Waals surface area contributed by atoms with Gasteiger partial charge < -0.3 is 15.5 Å².